The van der Waals surface area contributed by atoms with Gasteiger partial charge in [0.2, 0.25) is 5.91 Å². The van der Waals surface area contributed by atoms with Crippen molar-refractivity contribution in [3.63, 3.8) is 0 Å². The van der Waals surface area contributed by atoms with Crippen molar-refractivity contribution in [3.05, 3.63) is 40.9 Å². The Bertz CT molecular complexity index is 916. The molecule has 1 aromatic heterocycles. The number of alkyl halides is 3. The molecule has 29 heavy (non-hydrogen) atoms. The van der Waals surface area contributed by atoms with Gasteiger partial charge in [0.15, 0.2) is 0 Å². The minimum absolute atomic E-state index is 0.0695. The molecule has 1 saturated carbocycles. The van der Waals surface area contributed by atoms with Gasteiger partial charge in [0, 0.05) is 36.0 Å². The van der Waals surface area contributed by atoms with Crippen molar-refractivity contribution in [1.82, 2.24) is 15.2 Å². The lowest BCUT2D eigenvalue weighted by atomic mass is 9.95. The van der Waals surface area contributed by atoms with Gasteiger partial charge in [-0.2, -0.15) is 13.2 Å². The number of thiazole rings is 1. The SMILES string of the molecule is O=C(NC1CC1)C1CCN(C(=O)c2csc(-c3cccc(C(F)(F)F)c3)n2)CC1. The van der Waals surface area contributed by atoms with Crippen molar-refractivity contribution >= 4 is 23.2 Å². The number of aromatic nitrogens is 1. The Hall–Kier alpha value is -2.42. The first-order chi connectivity index (χ1) is 13.8. The van der Waals surface area contributed by atoms with E-state index >= 15 is 0 Å². The average Bonchev–Trinajstić information content (AvgIpc) is 3.38. The maximum atomic E-state index is 12.9. The fourth-order valence-electron chi connectivity index (χ4n) is 3.39. The van der Waals surface area contributed by atoms with Gasteiger partial charge in [-0.3, -0.25) is 9.59 Å². The maximum Gasteiger partial charge on any atom is 0.416 e. The monoisotopic (exact) mass is 423 g/mol. The second kappa shape index (κ2) is 7.78. The Morgan fingerprint density at radius 2 is 1.86 bits per heavy atom. The van der Waals surface area contributed by atoms with Crippen molar-refractivity contribution < 1.29 is 22.8 Å². The molecule has 1 aliphatic carbocycles. The van der Waals surface area contributed by atoms with Gasteiger partial charge in [0.05, 0.1) is 5.56 Å². The Morgan fingerprint density at radius 3 is 2.52 bits per heavy atom. The van der Waals surface area contributed by atoms with Crippen LogP contribution < -0.4 is 5.32 Å². The number of nitrogens with zero attached hydrogens (tertiary/aromatic N) is 2. The van der Waals surface area contributed by atoms with Gasteiger partial charge in [-0.15, -0.1) is 11.3 Å². The molecule has 0 unspecified atom stereocenters. The van der Waals surface area contributed by atoms with Gasteiger partial charge < -0.3 is 10.2 Å². The molecule has 154 valence electrons. The Balaban J connectivity index is 1.39. The van der Waals surface area contributed by atoms with Crippen LogP contribution in [0.3, 0.4) is 0 Å². The van der Waals surface area contributed by atoms with Gasteiger partial charge >= 0.3 is 6.18 Å². The number of hydrogen-bond acceptors (Lipinski definition) is 4. The lowest BCUT2D eigenvalue weighted by molar-refractivity contribution is -0.137. The fraction of sp³-hybridized carbons (Fsp3) is 0.450. The van der Waals surface area contributed by atoms with E-state index in [-0.39, 0.29) is 23.4 Å². The lowest BCUT2D eigenvalue weighted by Crippen LogP contribution is -2.43. The zero-order valence-electron chi connectivity index (χ0n) is 15.5. The van der Waals surface area contributed by atoms with E-state index in [0.717, 1.165) is 36.3 Å². The molecule has 1 saturated heterocycles. The Labute approximate surface area is 169 Å². The van der Waals surface area contributed by atoms with Crippen LogP contribution in [0.4, 0.5) is 13.2 Å². The normalized spacial score (nSPS) is 18.0. The first-order valence-corrected chi connectivity index (χ1v) is 10.4. The standard InChI is InChI=1S/C20H20F3N3O2S/c21-20(22,23)14-3-1-2-13(10-14)18-25-16(11-29-18)19(28)26-8-6-12(7-9-26)17(27)24-15-4-5-15/h1-3,10-12,15H,4-9H2,(H,24,27). The molecule has 0 spiro atoms. The van der Waals surface area contributed by atoms with E-state index in [1.165, 1.54) is 6.07 Å². The predicted octanol–water partition coefficient (Wildman–Crippen LogP) is 3.96. The quantitative estimate of drug-likeness (QED) is 0.810. The highest BCUT2D eigenvalue weighted by molar-refractivity contribution is 7.13. The third-order valence-electron chi connectivity index (χ3n) is 5.24. The molecule has 0 atom stereocenters. The number of likely N-dealkylation sites (tertiary alicyclic amines) is 1. The molecule has 1 N–H and O–H groups in total. The number of benzene rings is 1. The summed E-state index contributed by atoms with van der Waals surface area (Å²) in [4.78, 5) is 30.8. The molecule has 2 heterocycles. The minimum atomic E-state index is -4.43. The number of carbonyl (C=O) groups excluding carboxylic acids is 2. The van der Waals surface area contributed by atoms with Crippen molar-refractivity contribution in [2.45, 2.75) is 37.9 Å². The first-order valence-electron chi connectivity index (χ1n) is 9.54. The number of halogens is 3. The topological polar surface area (TPSA) is 62.3 Å². The van der Waals surface area contributed by atoms with Crippen molar-refractivity contribution in [3.8, 4) is 10.6 Å². The zero-order valence-corrected chi connectivity index (χ0v) is 16.4. The van der Waals surface area contributed by atoms with Crippen molar-refractivity contribution in [1.29, 1.82) is 0 Å². The highest BCUT2D eigenvalue weighted by Gasteiger charge is 2.32. The molecular weight excluding hydrogens is 403 g/mol. The molecule has 1 aromatic carbocycles. The second-order valence-electron chi connectivity index (χ2n) is 7.47. The van der Waals surface area contributed by atoms with E-state index in [9.17, 15) is 22.8 Å². The lowest BCUT2D eigenvalue weighted by Gasteiger charge is -2.30. The van der Waals surface area contributed by atoms with Crippen LogP contribution in [0.15, 0.2) is 29.6 Å². The van der Waals surface area contributed by atoms with E-state index in [4.69, 9.17) is 0 Å². The fourth-order valence-corrected chi connectivity index (χ4v) is 4.18. The summed E-state index contributed by atoms with van der Waals surface area (Å²) in [5, 5.41) is 4.95. The molecule has 1 aliphatic heterocycles. The molecule has 2 aliphatic rings. The Morgan fingerprint density at radius 1 is 1.14 bits per heavy atom. The van der Waals surface area contributed by atoms with E-state index in [1.807, 2.05) is 0 Å². The smallest absolute Gasteiger partial charge is 0.353 e. The van der Waals surface area contributed by atoms with E-state index in [2.05, 4.69) is 10.3 Å². The maximum absolute atomic E-state index is 12.9. The van der Waals surface area contributed by atoms with E-state index in [0.29, 0.717) is 42.5 Å². The number of hydrogen-bond donors (Lipinski definition) is 1. The van der Waals surface area contributed by atoms with Gasteiger partial charge in [-0.05, 0) is 37.8 Å². The van der Waals surface area contributed by atoms with Crippen molar-refractivity contribution in [2.24, 2.45) is 5.92 Å². The van der Waals surface area contributed by atoms with Gasteiger partial charge in [-0.25, -0.2) is 4.98 Å². The molecule has 9 heteroatoms. The van der Waals surface area contributed by atoms with Crippen LogP contribution in [0.2, 0.25) is 0 Å². The van der Waals surface area contributed by atoms with Gasteiger partial charge in [0.1, 0.15) is 10.7 Å². The molecular formula is C20H20F3N3O2S. The number of nitrogens with one attached hydrogen (secondary N) is 1. The number of rotatable bonds is 4. The summed E-state index contributed by atoms with van der Waals surface area (Å²) in [6, 6.07) is 5.25. The van der Waals surface area contributed by atoms with Crippen LogP contribution in [0.5, 0.6) is 0 Å². The van der Waals surface area contributed by atoms with Crippen LogP contribution in [0.1, 0.15) is 41.7 Å². The average molecular weight is 423 g/mol. The van der Waals surface area contributed by atoms with Crippen LogP contribution >= 0.6 is 11.3 Å². The summed E-state index contributed by atoms with van der Waals surface area (Å²) in [6.45, 7) is 0.940. The third kappa shape index (κ3) is 4.60. The zero-order chi connectivity index (χ0) is 20.6. The minimum Gasteiger partial charge on any atom is -0.353 e. The summed E-state index contributed by atoms with van der Waals surface area (Å²) >= 11 is 1.14. The molecule has 2 amide bonds. The van der Waals surface area contributed by atoms with Crippen LogP contribution in [0, 0.1) is 5.92 Å². The van der Waals surface area contributed by atoms with Gasteiger partial charge in [-0.1, -0.05) is 12.1 Å². The number of piperidine rings is 1. The summed E-state index contributed by atoms with van der Waals surface area (Å²) in [7, 11) is 0. The van der Waals surface area contributed by atoms with E-state index in [1.54, 1.807) is 16.3 Å². The summed E-state index contributed by atoms with van der Waals surface area (Å²) in [5.74, 6) is -0.253. The Kier molecular flexibility index (Phi) is 5.33. The molecule has 2 fully saturated rings. The van der Waals surface area contributed by atoms with E-state index < -0.39 is 11.7 Å². The third-order valence-corrected chi connectivity index (χ3v) is 6.13. The first kappa shape index (κ1) is 19.9. The highest BCUT2D eigenvalue weighted by Crippen LogP contribution is 2.33. The predicted molar refractivity (Wildman–Crippen MR) is 102 cm³/mol. The molecule has 4 rings (SSSR count). The number of carbonyl (C=O) groups is 2. The number of amides is 2. The summed E-state index contributed by atoms with van der Waals surface area (Å²) in [6.07, 6.45) is -1.13. The largest absolute Gasteiger partial charge is 0.416 e. The van der Waals surface area contributed by atoms with Crippen molar-refractivity contribution in [2.75, 3.05) is 13.1 Å². The molecule has 2 aromatic rings. The van der Waals surface area contributed by atoms with Crippen LogP contribution in [-0.2, 0) is 11.0 Å². The highest BCUT2D eigenvalue weighted by atomic mass is 32.1. The molecule has 0 radical (unpaired) electrons. The van der Waals surface area contributed by atoms with Gasteiger partial charge in [0.25, 0.3) is 5.91 Å². The molecule has 0 bridgehead atoms. The van der Waals surface area contributed by atoms with Crippen LogP contribution in [0.25, 0.3) is 10.6 Å². The summed E-state index contributed by atoms with van der Waals surface area (Å²) in [5.41, 5.74) is -0.188. The second-order valence-corrected chi connectivity index (χ2v) is 8.32. The molecule has 5 nitrogen and oxygen atoms in total. The summed E-state index contributed by atoms with van der Waals surface area (Å²) < 4.78 is 38.7. The van der Waals surface area contributed by atoms with Crippen LogP contribution in [-0.4, -0.2) is 40.8 Å².